The molecule has 0 aromatic heterocycles. The van der Waals surface area contributed by atoms with Gasteiger partial charge in [-0.2, -0.15) is 0 Å². The summed E-state index contributed by atoms with van der Waals surface area (Å²) in [5, 5.41) is 0. The first-order chi connectivity index (χ1) is 11.0. The van der Waals surface area contributed by atoms with E-state index >= 15 is 0 Å². The lowest BCUT2D eigenvalue weighted by Crippen LogP contribution is -2.49. The predicted molar refractivity (Wildman–Crippen MR) is 106 cm³/mol. The molecule has 1 heterocycles. The van der Waals surface area contributed by atoms with Crippen molar-refractivity contribution in [3.8, 4) is 0 Å². The van der Waals surface area contributed by atoms with Gasteiger partial charge in [0.2, 0.25) is 0 Å². The average Bonchev–Trinajstić information content (AvgIpc) is 2.53. The number of unbranched alkanes of at least 4 members (excludes halogenated alkanes) is 3. The number of piperazine rings is 1. The van der Waals surface area contributed by atoms with E-state index in [1.165, 1.54) is 58.4 Å². The van der Waals surface area contributed by atoms with E-state index < -0.39 is 0 Å². The highest BCUT2D eigenvalue weighted by atomic mass is 15.3. The summed E-state index contributed by atoms with van der Waals surface area (Å²) in [7, 11) is 0. The van der Waals surface area contributed by atoms with Crippen molar-refractivity contribution in [3.05, 3.63) is 11.8 Å². The lowest BCUT2D eigenvalue weighted by Gasteiger charge is -2.37. The van der Waals surface area contributed by atoms with Gasteiger partial charge in [-0.3, -0.25) is 9.89 Å². The van der Waals surface area contributed by atoms with Crippen molar-refractivity contribution in [1.82, 2.24) is 9.80 Å². The van der Waals surface area contributed by atoms with Crippen molar-refractivity contribution in [2.24, 2.45) is 4.99 Å². The summed E-state index contributed by atoms with van der Waals surface area (Å²) in [5.41, 5.74) is 2.28. The highest BCUT2D eigenvalue weighted by molar-refractivity contribution is 5.80. The maximum Gasteiger partial charge on any atom is 0.0347 e. The Bertz CT molecular complexity index is 335. The molecule has 0 aliphatic carbocycles. The normalized spacial score (nSPS) is 18.1. The molecule has 1 atom stereocenters. The van der Waals surface area contributed by atoms with Crippen LogP contribution in [0.25, 0.3) is 0 Å². The van der Waals surface area contributed by atoms with Gasteiger partial charge < -0.3 is 4.90 Å². The quantitative estimate of drug-likeness (QED) is 0.463. The molecule has 3 nitrogen and oxygen atoms in total. The van der Waals surface area contributed by atoms with Crippen molar-refractivity contribution >= 4 is 5.71 Å². The van der Waals surface area contributed by atoms with Crippen LogP contribution in [0.2, 0.25) is 0 Å². The zero-order valence-electron chi connectivity index (χ0n) is 16.9. The maximum atomic E-state index is 4.53. The van der Waals surface area contributed by atoms with Crippen LogP contribution < -0.4 is 0 Å². The Kier molecular flexibility index (Phi) is 13.3. The van der Waals surface area contributed by atoms with Gasteiger partial charge in [0.1, 0.15) is 0 Å². The molecule has 1 aliphatic rings. The summed E-state index contributed by atoms with van der Waals surface area (Å²) >= 11 is 0. The Balaban J connectivity index is 0.00000232. The van der Waals surface area contributed by atoms with E-state index in [1.807, 2.05) is 13.8 Å². The number of hydrogen-bond acceptors (Lipinski definition) is 3. The molecule has 0 saturated carbocycles. The molecule has 1 aliphatic heterocycles. The van der Waals surface area contributed by atoms with E-state index in [2.05, 4.69) is 55.5 Å². The number of allylic oxidation sites excluding steroid dienone is 1. The number of rotatable bonds is 8. The SMILES string of the molecule is CC.CCCCCCN1CCN(C(C)/C=C(/C)N=C(C)C)CC1. The van der Waals surface area contributed by atoms with Crippen LogP contribution in [-0.2, 0) is 0 Å². The first kappa shape index (κ1) is 22.3. The fraction of sp³-hybridized carbons (Fsp3) is 0.850. The number of hydrogen-bond donors (Lipinski definition) is 0. The molecule has 3 heteroatoms. The van der Waals surface area contributed by atoms with E-state index in [-0.39, 0.29) is 0 Å². The molecule has 0 bridgehead atoms. The number of nitrogens with zero attached hydrogens (tertiary/aromatic N) is 3. The summed E-state index contributed by atoms with van der Waals surface area (Å²) in [6.45, 7) is 20.9. The third-order valence-electron chi connectivity index (χ3n) is 4.19. The van der Waals surface area contributed by atoms with Gasteiger partial charge in [0.15, 0.2) is 0 Å². The molecule has 0 N–H and O–H groups in total. The summed E-state index contributed by atoms with van der Waals surface area (Å²) in [6.07, 6.45) is 7.77. The van der Waals surface area contributed by atoms with Gasteiger partial charge in [-0.15, -0.1) is 0 Å². The Morgan fingerprint density at radius 2 is 1.61 bits per heavy atom. The van der Waals surface area contributed by atoms with Gasteiger partial charge in [-0.1, -0.05) is 40.0 Å². The molecule has 23 heavy (non-hydrogen) atoms. The first-order valence-corrected chi connectivity index (χ1v) is 9.69. The van der Waals surface area contributed by atoms with Gasteiger partial charge in [-0.25, -0.2) is 0 Å². The predicted octanol–water partition coefficient (Wildman–Crippen LogP) is 4.98. The largest absolute Gasteiger partial charge is 0.301 e. The lowest BCUT2D eigenvalue weighted by molar-refractivity contribution is 0.115. The Labute approximate surface area is 145 Å². The summed E-state index contributed by atoms with van der Waals surface area (Å²) < 4.78 is 0. The van der Waals surface area contributed by atoms with Crippen LogP contribution >= 0.6 is 0 Å². The van der Waals surface area contributed by atoms with E-state index in [4.69, 9.17) is 0 Å². The second-order valence-electron chi connectivity index (χ2n) is 6.55. The standard InChI is InChI=1S/C18H35N3.C2H6/c1-6-7-8-9-10-20-11-13-21(14-12-20)18(5)15-17(4)19-16(2)3;1-2/h15,18H,6-14H2,1-5H3;1-2H3/b17-15-;. The minimum absolute atomic E-state index is 0.496. The van der Waals surface area contributed by atoms with Crippen LogP contribution in [0.4, 0.5) is 0 Å². The molecule has 0 aromatic carbocycles. The Morgan fingerprint density at radius 1 is 1.00 bits per heavy atom. The summed E-state index contributed by atoms with van der Waals surface area (Å²) in [6, 6.07) is 0.496. The minimum Gasteiger partial charge on any atom is -0.301 e. The smallest absolute Gasteiger partial charge is 0.0347 e. The Hall–Kier alpha value is -0.670. The third kappa shape index (κ3) is 10.7. The van der Waals surface area contributed by atoms with E-state index in [0.29, 0.717) is 6.04 Å². The van der Waals surface area contributed by atoms with E-state index in [0.717, 1.165) is 11.4 Å². The van der Waals surface area contributed by atoms with Crippen LogP contribution in [0.15, 0.2) is 16.8 Å². The van der Waals surface area contributed by atoms with Crippen LogP contribution in [0.1, 0.15) is 74.1 Å². The van der Waals surface area contributed by atoms with Crippen LogP contribution in [0.5, 0.6) is 0 Å². The topological polar surface area (TPSA) is 18.8 Å². The Morgan fingerprint density at radius 3 is 2.13 bits per heavy atom. The van der Waals surface area contributed by atoms with Gasteiger partial charge in [0.25, 0.3) is 0 Å². The zero-order valence-corrected chi connectivity index (χ0v) is 16.9. The number of aliphatic imine (C=N–C) groups is 1. The van der Waals surface area contributed by atoms with Gasteiger partial charge in [-0.05, 0) is 46.7 Å². The minimum atomic E-state index is 0.496. The molecule has 0 spiro atoms. The van der Waals surface area contributed by atoms with Crippen molar-refractivity contribution < 1.29 is 0 Å². The third-order valence-corrected chi connectivity index (χ3v) is 4.19. The van der Waals surface area contributed by atoms with Crippen LogP contribution in [-0.4, -0.2) is 54.3 Å². The second kappa shape index (κ2) is 13.7. The van der Waals surface area contributed by atoms with Crippen molar-refractivity contribution in [1.29, 1.82) is 0 Å². The fourth-order valence-electron chi connectivity index (χ4n) is 3.00. The highest BCUT2D eigenvalue weighted by Gasteiger charge is 2.19. The molecule has 0 radical (unpaired) electrons. The van der Waals surface area contributed by atoms with Gasteiger partial charge in [0.05, 0.1) is 0 Å². The van der Waals surface area contributed by atoms with Crippen molar-refractivity contribution in [2.75, 3.05) is 32.7 Å². The van der Waals surface area contributed by atoms with Crippen LogP contribution in [0.3, 0.4) is 0 Å². The molecule has 0 aromatic rings. The molecule has 1 rings (SSSR count). The molecule has 136 valence electrons. The molecule has 1 unspecified atom stereocenters. The molecular formula is C20H41N3. The highest BCUT2D eigenvalue weighted by Crippen LogP contribution is 2.11. The summed E-state index contributed by atoms with van der Waals surface area (Å²) in [4.78, 5) is 9.73. The fourth-order valence-corrected chi connectivity index (χ4v) is 3.00. The molecule has 0 amide bonds. The van der Waals surface area contributed by atoms with Crippen LogP contribution in [0, 0.1) is 0 Å². The molecule has 1 fully saturated rings. The van der Waals surface area contributed by atoms with Gasteiger partial charge >= 0.3 is 0 Å². The summed E-state index contributed by atoms with van der Waals surface area (Å²) in [5.74, 6) is 0. The molecule has 1 saturated heterocycles. The van der Waals surface area contributed by atoms with Crippen molar-refractivity contribution in [3.63, 3.8) is 0 Å². The average molecular weight is 324 g/mol. The van der Waals surface area contributed by atoms with E-state index in [9.17, 15) is 0 Å². The molecular weight excluding hydrogens is 282 g/mol. The first-order valence-electron chi connectivity index (χ1n) is 9.69. The van der Waals surface area contributed by atoms with E-state index in [1.54, 1.807) is 0 Å². The maximum absolute atomic E-state index is 4.53. The monoisotopic (exact) mass is 323 g/mol. The van der Waals surface area contributed by atoms with Crippen molar-refractivity contribution in [2.45, 2.75) is 80.2 Å². The second-order valence-corrected chi connectivity index (χ2v) is 6.55. The lowest BCUT2D eigenvalue weighted by atomic mass is 10.1. The zero-order chi connectivity index (χ0) is 17.7. The van der Waals surface area contributed by atoms with Gasteiger partial charge in [0, 0.05) is 43.6 Å².